The zero-order chi connectivity index (χ0) is 20.0. The second-order valence-corrected chi connectivity index (χ2v) is 8.92. The molecular weight excluding hydrogens is 358 g/mol. The van der Waals surface area contributed by atoms with Gasteiger partial charge in [0, 0.05) is 41.1 Å². The number of piperidine rings is 1. The Morgan fingerprint density at radius 1 is 1.07 bits per heavy atom. The maximum Gasteiger partial charge on any atom is 0.235 e. The predicted molar refractivity (Wildman–Crippen MR) is 120 cm³/mol. The fraction of sp³-hybridized carbons (Fsp3) is 0.400. The number of hydrogen-bond acceptors (Lipinski definition) is 2. The van der Waals surface area contributed by atoms with E-state index in [-0.39, 0.29) is 5.91 Å². The zero-order valence-electron chi connectivity index (χ0n) is 17.3. The first-order valence-corrected chi connectivity index (χ1v) is 10.8. The number of aromatic nitrogens is 1. The summed E-state index contributed by atoms with van der Waals surface area (Å²) in [6, 6.07) is 16.7. The molecule has 2 aliphatic rings. The molecule has 0 unspecified atom stereocenters. The predicted octanol–water partition coefficient (Wildman–Crippen LogP) is 5.38. The van der Waals surface area contributed by atoms with Crippen LogP contribution in [0.4, 0.5) is 11.4 Å². The molecule has 1 aliphatic heterocycles. The van der Waals surface area contributed by atoms with Gasteiger partial charge in [0.1, 0.15) is 0 Å². The molecule has 0 bridgehead atoms. The largest absolute Gasteiger partial charge is 0.372 e. The number of benzene rings is 2. The third-order valence-corrected chi connectivity index (χ3v) is 6.83. The zero-order valence-corrected chi connectivity index (χ0v) is 17.3. The number of aromatic amines is 1. The van der Waals surface area contributed by atoms with Gasteiger partial charge in [-0.05, 0) is 74.4 Å². The molecule has 0 spiro atoms. The molecule has 4 heteroatoms. The summed E-state index contributed by atoms with van der Waals surface area (Å²) in [5.74, 6) is 0.942. The lowest BCUT2D eigenvalue weighted by Gasteiger charge is -2.32. The summed E-state index contributed by atoms with van der Waals surface area (Å²) in [7, 11) is 0. The Morgan fingerprint density at radius 2 is 1.76 bits per heavy atom. The third-order valence-electron chi connectivity index (χ3n) is 6.83. The van der Waals surface area contributed by atoms with Crippen LogP contribution >= 0.6 is 0 Å². The van der Waals surface area contributed by atoms with Crippen molar-refractivity contribution in [2.24, 2.45) is 5.92 Å². The number of hydrogen-bond donors (Lipinski definition) is 2. The smallest absolute Gasteiger partial charge is 0.235 e. The Balaban J connectivity index is 1.34. The molecule has 1 saturated carbocycles. The molecule has 1 aromatic heterocycles. The van der Waals surface area contributed by atoms with Crippen molar-refractivity contribution in [2.75, 3.05) is 23.3 Å². The molecule has 5 rings (SSSR count). The van der Waals surface area contributed by atoms with E-state index in [1.807, 2.05) is 24.3 Å². The number of para-hydroxylation sites is 1. The Morgan fingerprint density at radius 3 is 2.45 bits per heavy atom. The number of aryl methyl sites for hydroxylation is 1. The second kappa shape index (κ2) is 6.94. The van der Waals surface area contributed by atoms with Gasteiger partial charge in [-0.25, -0.2) is 0 Å². The number of carbonyl (C=O) groups is 1. The van der Waals surface area contributed by atoms with Crippen LogP contribution in [-0.2, 0) is 10.2 Å². The first kappa shape index (κ1) is 18.3. The molecule has 1 saturated heterocycles. The van der Waals surface area contributed by atoms with Gasteiger partial charge in [-0.1, -0.05) is 25.1 Å². The molecule has 2 N–H and O–H groups in total. The van der Waals surface area contributed by atoms with Crippen molar-refractivity contribution in [1.82, 2.24) is 4.98 Å². The van der Waals surface area contributed by atoms with E-state index in [0.717, 1.165) is 48.7 Å². The van der Waals surface area contributed by atoms with Crippen LogP contribution in [0.2, 0.25) is 0 Å². The monoisotopic (exact) mass is 387 g/mol. The SMILES string of the molecule is Cc1[nH]c2ccccc2c1C1(C(=O)Nc2ccc(N3CCC(C)CC3)cc2)CC1. The molecule has 2 fully saturated rings. The molecule has 150 valence electrons. The summed E-state index contributed by atoms with van der Waals surface area (Å²) in [5, 5.41) is 4.36. The van der Waals surface area contributed by atoms with Crippen LogP contribution in [0.3, 0.4) is 0 Å². The summed E-state index contributed by atoms with van der Waals surface area (Å²) >= 11 is 0. The number of nitrogens with zero attached hydrogens (tertiary/aromatic N) is 1. The van der Waals surface area contributed by atoms with E-state index >= 15 is 0 Å². The number of amides is 1. The van der Waals surface area contributed by atoms with Gasteiger partial charge in [0.15, 0.2) is 0 Å². The molecule has 4 nitrogen and oxygen atoms in total. The number of H-pyrrole nitrogens is 1. The number of nitrogens with one attached hydrogen (secondary N) is 2. The molecule has 2 heterocycles. The lowest BCUT2D eigenvalue weighted by atomic mass is 9.92. The number of fused-ring (bicyclic) bond motifs is 1. The average Bonchev–Trinajstić information content (AvgIpc) is 3.45. The Hall–Kier alpha value is -2.75. The maximum absolute atomic E-state index is 13.3. The van der Waals surface area contributed by atoms with Gasteiger partial charge in [0.25, 0.3) is 0 Å². The molecule has 1 aliphatic carbocycles. The van der Waals surface area contributed by atoms with Crippen LogP contribution in [0.25, 0.3) is 10.9 Å². The highest BCUT2D eigenvalue weighted by atomic mass is 16.2. The van der Waals surface area contributed by atoms with Crippen LogP contribution in [-0.4, -0.2) is 24.0 Å². The third kappa shape index (κ3) is 3.21. The quantitative estimate of drug-likeness (QED) is 0.631. The Labute approximate surface area is 172 Å². The molecule has 2 aromatic carbocycles. The van der Waals surface area contributed by atoms with E-state index < -0.39 is 5.41 Å². The normalized spacial score (nSPS) is 18.8. The van der Waals surface area contributed by atoms with Crippen molar-refractivity contribution >= 4 is 28.2 Å². The topological polar surface area (TPSA) is 48.1 Å². The lowest BCUT2D eigenvalue weighted by molar-refractivity contribution is -0.118. The number of anilines is 2. The van der Waals surface area contributed by atoms with Gasteiger partial charge >= 0.3 is 0 Å². The molecule has 1 amide bonds. The van der Waals surface area contributed by atoms with Crippen molar-refractivity contribution in [2.45, 2.75) is 44.9 Å². The van der Waals surface area contributed by atoms with Crippen LogP contribution in [0.15, 0.2) is 48.5 Å². The lowest BCUT2D eigenvalue weighted by Crippen LogP contribution is -2.32. The van der Waals surface area contributed by atoms with Crippen LogP contribution in [0.5, 0.6) is 0 Å². The van der Waals surface area contributed by atoms with Gasteiger partial charge in [-0.15, -0.1) is 0 Å². The first-order valence-electron chi connectivity index (χ1n) is 10.8. The number of carbonyl (C=O) groups excluding carboxylic acids is 1. The summed E-state index contributed by atoms with van der Waals surface area (Å²) in [5.41, 5.74) is 5.12. The Bertz CT molecular complexity index is 1040. The van der Waals surface area contributed by atoms with Crippen LogP contribution in [0.1, 0.15) is 43.9 Å². The van der Waals surface area contributed by atoms with E-state index in [9.17, 15) is 4.79 Å². The summed E-state index contributed by atoms with van der Waals surface area (Å²) in [6.45, 7) is 6.65. The van der Waals surface area contributed by atoms with Crippen molar-refractivity contribution in [3.05, 3.63) is 59.8 Å². The average molecular weight is 388 g/mol. The minimum absolute atomic E-state index is 0.116. The number of rotatable bonds is 4. The minimum atomic E-state index is -0.397. The van der Waals surface area contributed by atoms with Gasteiger partial charge in [0.05, 0.1) is 5.41 Å². The summed E-state index contributed by atoms with van der Waals surface area (Å²) < 4.78 is 0. The Kier molecular flexibility index (Phi) is 4.38. The highest BCUT2D eigenvalue weighted by molar-refractivity contribution is 6.05. The molecule has 0 atom stereocenters. The van der Waals surface area contributed by atoms with E-state index in [0.29, 0.717) is 0 Å². The van der Waals surface area contributed by atoms with Crippen molar-refractivity contribution in [3.8, 4) is 0 Å². The van der Waals surface area contributed by atoms with E-state index in [4.69, 9.17) is 0 Å². The highest BCUT2D eigenvalue weighted by Gasteiger charge is 2.53. The summed E-state index contributed by atoms with van der Waals surface area (Å²) in [6.07, 6.45) is 4.33. The minimum Gasteiger partial charge on any atom is -0.372 e. The van der Waals surface area contributed by atoms with Crippen molar-refractivity contribution < 1.29 is 4.79 Å². The standard InChI is InChI=1S/C25H29N3O/c1-17-11-15-28(16-12-17)20-9-7-19(8-10-20)27-24(29)25(13-14-25)23-18(2)26-22-6-4-3-5-21(22)23/h3-10,17,26H,11-16H2,1-2H3,(H,27,29). The fourth-order valence-corrected chi connectivity index (χ4v) is 4.88. The fourth-order valence-electron chi connectivity index (χ4n) is 4.88. The molecule has 0 radical (unpaired) electrons. The summed E-state index contributed by atoms with van der Waals surface area (Å²) in [4.78, 5) is 19.2. The van der Waals surface area contributed by atoms with Gasteiger partial charge in [0.2, 0.25) is 5.91 Å². The van der Waals surface area contributed by atoms with Gasteiger partial charge < -0.3 is 15.2 Å². The first-order chi connectivity index (χ1) is 14.1. The van der Waals surface area contributed by atoms with Crippen LogP contribution in [0, 0.1) is 12.8 Å². The molecule has 29 heavy (non-hydrogen) atoms. The van der Waals surface area contributed by atoms with E-state index in [1.165, 1.54) is 29.5 Å². The van der Waals surface area contributed by atoms with E-state index in [2.05, 4.69) is 53.3 Å². The highest BCUT2D eigenvalue weighted by Crippen LogP contribution is 2.52. The van der Waals surface area contributed by atoms with Crippen molar-refractivity contribution in [1.29, 1.82) is 0 Å². The second-order valence-electron chi connectivity index (χ2n) is 8.92. The maximum atomic E-state index is 13.3. The van der Waals surface area contributed by atoms with Gasteiger partial charge in [-0.3, -0.25) is 4.79 Å². The molecule has 3 aromatic rings. The van der Waals surface area contributed by atoms with Crippen LogP contribution < -0.4 is 10.2 Å². The van der Waals surface area contributed by atoms with Crippen molar-refractivity contribution in [3.63, 3.8) is 0 Å². The van der Waals surface area contributed by atoms with E-state index in [1.54, 1.807) is 0 Å². The molecular formula is C25H29N3O. The van der Waals surface area contributed by atoms with Gasteiger partial charge in [-0.2, -0.15) is 0 Å².